The van der Waals surface area contributed by atoms with E-state index in [0.717, 1.165) is 24.5 Å². The van der Waals surface area contributed by atoms with Crippen LogP contribution in [0.2, 0.25) is 0 Å². The van der Waals surface area contributed by atoms with Crippen molar-refractivity contribution < 1.29 is 9.84 Å². The second-order valence-electron chi connectivity index (χ2n) is 5.50. The fourth-order valence-corrected chi connectivity index (χ4v) is 2.19. The van der Waals surface area contributed by atoms with E-state index in [1.807, 2.05) is 31.2 Å². The van der Waals surface area contributed by atoms with Crippen molar-refractivity contribution in [3.63, 3.8) is 0 Å². The van der Waals surface area contributed by atoms with E-state index in [9.17, 15) is 5.11 Å². The first kappa shape index (κ1) is 12.4. The Morgan fingerprint density at radius 2 is 1.94 bits per heavy atom. The summed E-state index contributed by atoms with van der Waals surface area (Å²) in [6.45, 7) is 1.94. The highest BCUT2D eigenvalue weighted by Gasteiger charge is 2.27. The summed E-state index contributed by atoms with van der Waals surface area (Å²) >= 11 is 0. The molecule has 1 atom stereocenters. The SMILES string of the molecule is COc1ccc(CC(C)(O)CCC2CC2)cc1. The first-order valence-corrected chi connectivity index (χ1v) is 6.44. The molecule has 1 aliphatic rings. The Bertz CT molecular complexity index is 350. The van der Waals surface area contributed by atoms with Gasteiger partial charge in [-0.1, -0.05) is 25.0 Å². The molecule has 0 spiro atoms. The van der Waals surface area contributed by atoms with Crippen LogP contribution >= 0.6 is 0 Å². The molecule has 1 saturated carbocycles. The molecule has 1 N–H and O–H groups in total. The predicted molar refractivity (Wildman–Crippen MR) is 69.3 cm³/mol. The van der Waals surface area contributed by atoms with Gasteiger partial charge >= 0.3 is 0 Å². The summed E-state index contributed by atoms with van der Waals surface area (Å²) in [5.41, 5.74) is 0.601. The topological polar surface area (TPSA) is 29.5 Å². The van der Waals surface area contributed by atoms with Crippen molar-refractivity contribution in [3.8, 4) is 5.75 Å². The zero-order chi connectivity index (χ0) is 12.3. The molecule has 94 valence electrons. The summed E-state index contributed by atoms with van der Waals surface area (Å²) in [6, 6.07) is 7.97. The summed E-state index contributed by atoms with van der Waals surface area (Å²) < 4.78 is 5.12. The van der Waals surface area contributed by atoms with Gasteiger partial charge in [-0.05, 0) is 43.4 Å². The maximum atomic E-state index is 10.3. The van der Waals surface area contributed by atoms with E-state index >= 15 is 0 Å². The van der Waals surface area contributed by atoms with Crippen LogP contribution in [0.4, 0.5) is 0 Å². The van der Waals surface area contributed by atoms with Gasteiger partial charge in [-0.25, -0.2) is 0 Å². The summed E-state index contributed by atoms with van der Waals surface area (Å²) in [7, 11) is 1.67. The second kappa shape index (κ2) is 5.09. The molecule has 0 aliphatic heterocycles. The fraction of sp³-hybridized carbons (Fsp3) is 0.600. The minimum Gasteiger partial charge on any atom is -0.497 e. The Labute approximate surface area is 104 Å². The molecule has 17 heavy (non-hydrogen) atoms. The summed E-state index contributed by atoms with van der Waals surface area (Å²) in [4.78, 5) is 0. The van der Waals surface area contributed by atoms with E-state index in [1.165, 1.54) is 24.8 Å². The van der Waals surface area contributed by atoms with Crippen LogP contribution in [0, 0.1) is 5.92 Å². The van der Waals surface area contributed by atoms with E-state index < -0.39 is 5.60 Å². The Hall–Kier alpha value is -1.02. The van der Waals surface area contributed by atoms with Crippen molar-refractivity contribution in [2.75, 3.05) is 7.11 Å². The van der Waals surface area contributed by atoms with E-state index in [2.05, 4.69) is 0 Å². The van der Waals surface area contributed by atoms with Crippen LogP contribution in [-0.4, -0.2) is 17.8 Å². The number of hydrogen-bond acceptors (Lipinski definition) is 2. The van der Waals surface area contributed by atoms with Crippen molar-refractivity contribution in [2.24, 2.45) is 5.92 Å². The van der Waals surface area contributed by atoms with Gasteiger partial charge in [-0.2, -0.15) is 0 Å². The molecule has 0 saturated heterocycles. The zero-order valence-corrected chi connectivity index (χ0v) is 10.8. The van der Waals surface area contributed by atoms with Crippen LogP contribution in [0.5, 0.6) is 5.75 Å². The standard InChI is InChI=1S/C15H22O2/c1-15(16,10-9-12-3-4-12)11-13-5-7-14(17-2)8-6-13/h5-8,12,16H,3-4,9-11H2,1-2H3. The minimum atomic E-state index is -0.572. The third kappa shape index (κ3) is 4.04. The molecule has 1 aromatic carbocycles. The molecule has 0 aromatic heterocycles. The minimum absolute atomic E-state index is 0.572. The maximum Gasteiger partial charge on any atom is 0.118 e. The number of hydrogen-bond donors (Lipinski definition) is 1. The van der Waals surface area contributed by atoms with Crippen molar-refractivity contribution in [1.82, 2.24) is 0 Å². The first-order chi connectivity index (χ1) is 8.09. The Balaban J connectivity index is 1.87. The quantitative estimate of drug-likeness (QED) is 0.819. The third-order valence-corrected chi connectivity index (χ3v) is 3.53. The van der Waals surface area contributed by atoms with Gasteiger partial charge < -0.3 is 9.84 Å². The third-order valence-electron chi connectivity index (χ3n) is 3.53. The molecule has 2 rings (SSSR count). The van der Waals surface area contributed by atoms with E-state index in [0.29, 0.717) is 0 Å². The van der Waals surface area contributed by atoms with Crippen LogP contribution < -0.4 is 4.74 Å². The smallest absolute Gasteiger partial charge is 0.118 e. The van der Waals surface area contributed by atoms with Crippen molar-refractivity contribution in [3.05, 3.63) is 29.8 Å². The van der Waals surface area contributed by atoms with Crippen LogP contribution in [0.3, 0.4) is 0 Å². The van der Waals surface area contributed by atoms with E-state index in [-0.39, 0.29) is 0 Å². The molecule has 1 aromatic rings. The Morgan fingerprint density at radius 3 is 2.47 bits per heavy atom. The lowest BCUT2D eigenvalue weighted by atomic mass is 9.91. The largest absolute Gasteiger partial charge is 0.497 e. The number of aliphatic hydroxyl groups is 1. The summed E-state index contributed by atoms with van der Waals surface area (Å²) in [6.07, 6.45) is 5.52. The normalized spacial score (nSPS) is 18.8. The average Bonchev–Trinajstić information content (AvgIpc) is 3.11. The highest BCUT2D eigenvalue weighted by molar-refractivity contribution is 5.27. The molecular formula is C15H22O2. The van der Waals surface area contributed by atoms with Crippen LogP contribution in [0.15, 0.2) is 24.3 Å². The summed E-state index contributed by atoms with van der Waals surface area (Å²) in [5, 5.41) is 10.3. The molecule has 2 nitrogen and oxygen atoms in total. The highest BCUT2D eigenvalue weighted by atomic mass is 16.5. The Morgan fingerprint density at radius 1 is 1.29 bits per heavy atom. The predicted octanol–water partition coefficient (Wildman–Crippen LogP) is 3.18. The van der Waals surface area contributed by atoms with Crippen LogP contribution in [-0.2, 0) is 6.42 Å². The van der Waals surface area contributed by atoms with Gasteiger partial charge in [0.25, 0.3) is 0 Å². The van der Waals surface area contributed by atoms with Gasteiger partial charge in [0.15, 0.2) is 0 Å². The van der Waals surface area contributed by atoms with Gasteiger partial charge in [0, 0.05) is 6.42 Å². The molecule has 1 unspecified atom stereocenters. The van der Waals surface area contributed by atoms with Crippen molar-refractivity contribution in [2.45, 2.75) is 44.6 Å². The highest BCUT2D eigenvalue weighted by Crippen LogP contribution is 2.36. The van der Waals surface area contributed by atoms with Gasteiger partial charge in [-0.15, -0.1) is 0 Å². The molecule has 0 radical (unpaired) electrons. The van der Waals surface area contributed by atoms with Gasteiger partial charge in [0.1, 0.15) is 5.75 Å². The lowest BCUT2D eigenvalue weighted by Gasteiger charge is -2.23. The van der Waals surface area contributed by atoms with E-state index in [4.69, 9.17) is 4.74 Å². The maximum absolute atomic E-state index is 10.3. The van der Waals surface area contributed by atoms with Gasteiger partial charge in [-0.3, -0.25) is 0 Å². The molecule has 1 aliphatic carbocycles. The molecule has 0 bridgehead atoms. The molecular weight excluding hydrogens is 212 g/mol. The number of methoxy groups -OCH3 is 1. The van der Waals surface area contributed by atoms with Crippen molar-refractivity contribution >= 4 is 0 Å². The fourth-order valence-electron chi connectivity index (χ4n) is 2.19. The molecule has 1 fully saturated rings. The van der Waals surface area contributed by atoms with Crippen molar-refractivity contribution in [1.29, 1.82) is 0 Å². The summed E-state index contributed by atoms with van der Waals surface area (Å²) in [5.74, 6) is 1.75. The van der Waals surface area contributed by atoms with E-state index in [1.54, 1.807) is 7.11 Å². The van der Waals surface area contributed by atoms with Gasteiger partial charge in [0.05, 0.1) is 12.7 Å². The molecule has 0 heterocycles. The van der Waals surface area contributed by atoms with Crippen LogP contribution in [0.1, 0.15) is 38.2 Å². The second-order valence-corrected chi connectivity index (χ2v) is 5.50. The molecule has 0 amide bonds. The number of benzene rings is 1. The van der Waals surface area contributed by atoms with Crippen LogP contribution in [0.25, 0.3) is 0 Å². The molecule has 2 heteroatoms. The average molecular weight is 234 g/mol. The zero-order valence-electron chi connectivity index (χ0n) is 10.8. The number of ether oxygens (including phenoxy) is 1. The van der Waals surface area contributed by atoms with Gasteiger partial charge in [0.2, 0.25) is 0 Å². The monoisotopic (exact) mass is 234 g/mol. The lowest BCUT2D eigenvalue weighted by molar-refractivity contribution is 0.0476. The first-order valence-electron chi connectivity index (χ1n) is 6.44. The Kier molecular flexibility index (Phi) is 3.72. The lowest BCUT2D eigenvalue weighted by Crippen LogP contribution is -2.27. The number of rotatable bonds is 6.